The summed E-state index contributed by atoms with van der Waals surface area (Å²) in [6.07, 6.45) is 2.44. The van der Waals surface area contributed by atoms with Crippen molar-refractivity contribution < 1.29 is 18.0 Å². The highest BCUT2D eigenvalue weighted by Gasteiger charge is 2.32. The van der Waals surface area contributed by atoms with Gasteiger partial charge >= 0.3 is 6.18 Å². The summed E-state index contributed by atoms with van der Waals surface area (Å²) >= 11 is 6.05. The van der Waals surface area contributed by atoms with E-state index in [-0.39, 0.29) is 5.91 Å². The molecule has 1 aliphatic rings. The predicted molar refractivity (Wildman–Crippen MR) is 128 cm³/mol. The molecule has 0 bridgehead atoms. The third-order valence-corrected chi connectivity index (χ3v) is 6.65. The fourth-order valence-corrected chi connectivity index (χ4v) is 4.58. The van der Waals surface area contributed by atoms with Crippen LogP contribution in [0.2, 0.25) is 5.02 Å². The first-order chi connectivity index (χ1) is 16.2. The fourth-order valence-electron chi connectivity index (χ4n) is 4.46. The minimum absolute atomic E-state index is 0.278. The van der Waals surface area contributed by atoms with E-state index in [2.05, 4.69) is 16.4 Å². The number of carbonyl (C=O) groups is 1. The SMILES string of the molecule is C[C@@H](NC(=O)c1cc(-c2ccc(Cl)cc2)cc(C2CCCCC2)c1)c1ccc(C(F)(F)F)nc1. The van der Waals surface area contributed by atoms with Crippen LogP contribution in [-0.2, 0) is 6.18 Å². The summed E-state index contributed by atoms with van der Waals surface area (Å²) in [5.74, 6) is 0.129. The van der Waals surface area contributed by atoms with Gasteiger partial charge in [0.25, 0.3) is 5.91 Å². The molecule has 34 heavy (non-hydrogen) atoms. The van der Waals surface area contributed by atoms with Crippen LogP contribution < -0.4 is 5.32 Å². The molecule has 3 nitrogen and oxygen atoms in total. The lowest BCUT2D eigenvalue weighted by Crippen LogP contribution is -2.27. The van der Waals surface area contributed by atoms with Gasteiger partial charge in [-0.2, -0.15) is 13.2 Å². The van der Waals surface area contributed by atoms with E-state index in [1.54, 1.807) is 6.92 Å². The van der Waals surface area contributed by atoms with E-state index >= 15 is 0 Å². The van der Waals surface area contributed by atoms with Crippen molar-refractivity contribution in [1.29, 1.82) is 0 Å². The summed E-state index contributed by atoms with van der Waals surface area (Å²) in [6, 6.07) is 15.2. The Kier molecular flexibility index (Phi) is 7.27. The van der Waals surface area contributed by atoms with E-state index in [0.29, 0.717) is 22.1 Å². The first-order valence-corrected chi connectivity index (χ1v) is 11.8. The molecule has 1 atom stereocenters. The third kappa shape index (κ3) is 5.79. The Morgan fingerprint density at radius 3 is 2.32 bits per heavy atom. The van der Waals surface area contributed by atoms with Crippen molar-refractivity contribution in [3.05, 3.63) is 88.2 Å². The third-order valence-electron chi connectivity index (χ3n) is 6.40. The highest BCUT2D eigenvalue weighted by molar-refractivity contribution is 6.30. The molecule has 3 aromatic rings. The zero-order chi connectivity index (χ0) is 24.3. The smallest absolute Gasteiger partial charge is 0.345 e. The number of hydrogen-bond acceptors (Lipinski definition) is 2. The predicted octanol–water partition coefficient (Wildman–Crippen LogP) is 7.96. The molecule has 0 aliphatic heterocycles. The van der Waals surface area contributed by atoms with Crippen LogP contribution in [-0.4, -0.2) is 10.9 Å². The Bertz CT molecular complexity index is 1140. The van der Waals surface area contributed by atoms with Crippen LogP contribution >= 0.6 is 11.6 Å². The topological polar surface area (TPSA) is 42.0 Å². The molecule has 178 valence electrons. The van der Waals surface area contributed by atoms with Crippen molar-refractivity contribution in [2.75, 3.05) is 0 Å². The monoisotopic (exact) mass is 486 g/mol. The molecule has 1 amide bonds. The quantitative estimate of drug-likeness (QED) is 0.397. The maximum Gasteiger partial charge on any atom is 0.433 e. The largest absolute Gasteiger partial charge is 0.433 e. The van der Waals surface area contributed by atoms with Crippen LogP contribution in [0.1, 0.15) is 78.2 Å². The molecule has 0 saturated heterocycles. The molecule has 0 unspecified atom stereocenters. The summed E-state index contributed by atoms with van der Waals surface area (Å²) in [7, 11) is 0. The summed E-state index contributed by atoms with van der Waals surface area (Å²) in [4.78, 5) is 16.7. The Hall–Kier alpha value is -2.86. The number of benzene rings is 2. The van der Waals surface area contributed by atoms with Gasteiger partial charge in [-0.25, -0.2) is 0 Å². The van der Waals surface area contributed by atoms with Crippen molar-refractivity contribution >= 4 is 17.5 Å². The van der Waals surface area contributed by atoms with Crippen molar-refractivity contribution in [3.63, 3.8) is 0 Å². The number of hydrogen-bond donors (Lipinski definition) is 1. The highest BCUT2D eigenvalue weighted by Crippen LogP contribution is 2.36. The Morgan fingerprint density at radius 1 is 1.00 bits per heavy atom. The van der Waals surface area contributed by atoms with Gasteiger partial charge in [0.05, 0.1) is 6.04 Å². The van der Waals surface area contributed by atoms with E-state index in [1.165, 1.54) is 25.3 Å². The second-order valence-electron chi connectivity index (χ2n) is 8.86. The minimum Gasteiger partial charge on any atom is -0.345 e. The van der Waals surface area contributed by atoms with Gasteiger partial charge in [0.2, 0.25) is 0 Å². The van der Waals surface area contributed by atoms with Crippen molar-refractivity contribution in [3.8, 4) is 11.1 Å². The average Bonchev–Trinajstić information content (AvgIpc) is 2.84. The van der Waals surface area contributed by atoms with Gasteiger partial charge in [0, 0.05) is 16.8 Å². The molecule has 1 saturated carbocycles. The van der Waals surface area contributed by atoms with Gasteiger partial charge < -0.3 is 5.32 Å². The molecule has 4 rings (SSSR count). The number of nitrogens with zero attached hydrogens (tertiary/aromatic N) is 1. The van der Waals surface area contributed by atoms with Crippen LogP contribution in [0.4, 0.5) is 13.2 Å². The molecular formula is C27H26ClF3N2O. The lowest BCUT2D eigenvalue weighted by atomic mass is 9.82. The van der Waals surface area contributed by atoms with Gasteiger partial charge in [-0.05, 0) is 78.3 Å². The second kappa shape index (κ2) is 10.2. The van der Waals surface area contributed by atoms with E-state index < -0.39 is 17.9 Å². The van der Waals surface area contributed by atoms with Gasteiger partial charge in [-0.3, -0.25) is 9.78 Å². The van der Waals surface area contributed by atoms with Crippen molar-refractivity contribution in [2.45, 2.75) is 57.2 Å². The van der Waals surface area contributed by atoms with E-state index in [9.17, 15) is 18.0 Å². The Labute approximate surface area is 202 Å². The highest BCUT2D eigenvalue weighted by atomic mass is 35.5. The molecule has 1 aliphatic carbocycles. The molecule has 7 heteroatoms. The lowest BCUT2D eigenvalue weighted by Gasteiger charge is -2.23. The van der Waals surface area contributed by atoms with E-state index in [0.717, 1.165) is 41.8 Å². The van der Waals surface area contributed by atoms with E-state index in [4.69, 9.17) is 11.6 Å². The minimum atomic E-state index is -4.50. The van der Waals surface area contributed by atoms with Crippen molar-refractivity contribution in [2.24, 2.45) is 0 Å². The Morgan fingerprint density at radius 2 is 1.71 bits per heavy atom. The molecule has 1 N–H and O–H groups in total. The summed E-state index contributed by atoms with van der Waals surface area (Å²) in [5, 5.41) is 3.55. The molecule has 1 fully saturated rings. The van der Waals surface area contributed by atoms with Crippen LogP contribution in [0.5, 0.6) is 0 Å². The zero-order valence-corrected chi connectivity index (χ0v) is 19.6. The van der Waals surface area contributed by atoms with Crippen LogP contribution in [0.15, 0.2) is 60.8 Å². The number of alkyl halides is 3. The molecule has 1 aromatic heterocycles. The van der Waals surface area contributed by atoms with Gasteiger partial charge in [-0.1, -0.05) is 55.1 Å². The van der Waals surface area contributed by atoms with Crippen LogP contribution in [0.25, 0.3) is 11.1 Å². The summed E-state index contributed by atoms with van der Waals surface area (Å²) < 4.78 is 38.4. The molecule has 2 aromatic carbocycles. The van der Waals surface area contributed by atoms with Crippen LogP contribution in [0, 0.1) is 0 Å². The second-order valence-corrected chi connectivity index (χ2v) is 9.29. The number of rotatable bonds is 5. The van der Waals surface area contributed by atoms with E-state index in [1.807, 2.05) is 36.4 Å². The average molecular weight is 487 g/mol. The fraction of sp³-hybridized carbons (Fsp3) is 0.333. The first-order valence-electron chi connectivity index (χ1n) is 11.5. The molecular weight excluding hydrogens is 461 g/mol. The Balaban J connectivity index is 1.60. The molecule has 1 heterocycles. The normalized spacial score (nSPS) is 15.7. The number of nitrogens with one attached hydrogen (secondary N) is 1. The van der Waals surface area contributed by atoms with Crippen LogP contribution in [0.3, 0.4) is 0 Å². The first kappa shape index (κ1) is 24.3. The number of pyridine rings is 1. The number of aromatic nitrogens is 1. The zero-order valence-electron chi connectivity index (χ0n) is 18.8. The maximum atomic E-state index is 13.2. The number of halogens is 4. The van der Waals surface area contributed by atoms with Crippen molar-refractivity contribution in [1.82, 2.24) is 10.3 Å². The maximum absolute atomic E-state index is 13.2. The van der Waals surface area contributed by atoms with Gasteiger partial charge in [-0.15, -0.1) is 0 Å². The number of amides is 1. The van der Waals surface area contributed by atoms with Gasteiger partial charge in [0.1, 0.15) is 5.69 Å². The lowest BCUT2D eigenvalue weighted by molar-refractivity contribution is -0.141. The summed E-state index contributed by atoms with van der Waals surface area (Å²) in [6.45, 7) is 1.73. The molecule has 0 spiro atoms. The summed E-state index contributed by atoms with van der Waals surface area (Å²) in [5.41, 5.74) is 3.12. The standard InChI is InChI=1S/C27H26ClF3N2O/c1-17(20-9-12-25(32-16-20)27(29,30)31)33-26(34)23-14-21(18-5-3-2-4-6-18)13-22(15-23)19-7-10-24(28)11-8-19/h7-18H,2-6H2,1H3,(H,33,34)/t17-/m1/s1. The number of carbonyl (C=O) groups excluding carboxylic acids is 1. The molecule has 0 radical (unpaired) electrons. The van der Waals surface area contributed by atoms with Gasteiger partial charge in [0.15, 0.2) is 0 Å².